The lowest BCUT2D eigenvalue weighted by Crippen LogP contribution is -2.04. The third-order valence-electron chi connectivity index (χ3n) is 2.99. The number of carbonyl (C=O) groups excluding carboxylic acids is 1. The molecular formula is C16H15FO3. The minimum absolute atomic E-state index is 0.0720. The largest absolute Gasteiger partial charge is 0.497 e. The molecule has 0 aromatic heterocycles. The molecule has 4 heteroatoms. The molecular weight excluding hydrogens is 259 g/mol. The number of ether oxygens (including phenoxy) is 2. The molecule has 2 aromatic rings. The molecule has 20 heavy (non-hydrogen) atoms. The normalized spacial score (nSPS) is 10.2. The predicted molar refractivity (Wildman–Crippen MR) is 74.0 cm³/mol. The first-order chi connectivity index (χ1) is 9.63. The molecule has 0 heterocycles. The Balaban J connectivity index is 2.12. The Morgan fingerprint density at radius 1 is 1.05 bits per heavy atom. The van der Waals surface area contributed by atoms with E-state index in [1.807, 2.05) is 0 Å². The van der Waals surface area contributed by atoms with Gasteiger partial charge in [-0.25, -0.2) is 4.39 Å². The summed E-state index contributed by atoms with van der Waals surface area (Å²) >= 11 is 0. The highest BCUT2D eigenvalue weighted by Crippen LogP contribution is 2.19. The summed E-state index contributed by atoms with van der Waals surface area (Å²) in [4.78, 5) is 12.1. The second-order valence-corrected chi connectivity index (χ2v) is 4.30. The van der Waals surface area contributed by atoms with Crippen molar-refractivity contribution in [3.05, 3.63) is 59.4 Å². The lowest BCUT2D eigenvalue weighted by molar-refractivity contribution is 0.0993. The summed E-state index contributed by atoms with van der Waals surface area (Å²) in [5.41, 5.74) is 1.19. The quantitative estimate of drug-likeness (QED) is 0.785. The average molecular weight is 274 g/mol. The van der Waals surface area contributed by atoms with Crippen LogP contribution in [0.2, 0.25) is 0 Å². The van der Waals surface area contributed by atoms with Gasteiger partial charge in [-0.15, -0.1) is 0 Å². The van der Waals surface area contributed by atoms with E-state index < -0.39 is 5.82 Å². The number of carbonyl (C=O) groups is 1. The first-order valence-electron chi connectivity index (χ1n) is 6.13. The summed E-state index contributed by atoms with van der Waals surface area (Å²) in [6, 6.07) is 11.4. The Hall–Kier alpha value is -2.36. The maximum Gasteiger partial charge on any atom is 0.167 e. The first kappa shape index (κ1) is 14.1. The van der Waals surface area contributed by atoms with Crippen molar-refractivity contribution in [3.8, 4) is 11.5 Å². The van der Waals surface area contributed by atoms with Crippen molar-refractivity contribution < 1.29 is 18.7 Å². The van der Waals surface area contributed by atoms with Crippen LogP contribution in [0.15, 0.2) is 42.5 Å². The van der Waals surface area contributed by atoms with Gasteiger partial charge in [-0.3, -0.25) is 4.79 Å². The summed E-state index contributed by atoms with van der Waals surface area (Å²) in [7, 11) is 2.97. The van der Waals surface area contributed by atoms with Gasteiger partial charge in [0.1, 0.15) is 5.75 Å². The first-order valence-corrected chi connectivity index (χ1v) is 6.13. The molecule has 0 spiro atoms. The van der Waals surface area contributed by atoms with Crippen molar-refractivity contribution in [1.29, 1.82) is 0 Å². The molecule has 0 N–H and O–H groups in total. The third kappa shape index (κ3) is 3.15. The topological polar surface area (TPSA) is 35.5 Å². The molecule has 0 aliphatic rings. The van der Waals surface area contributed by atoms with Gasteiger partial charge in [0.15, 0.2) is 17.3 Å². The van der Waals surface area contributed by atoms with Gasteiger partial charge in [0.25, 0.3) is 0 Å². The Morgan fingerprint density at radius 3 is 2.30 bits per heavy atom. The van der Waals surface area contributed by atoms with Crippen LogP contribution in [0.4, 0.5) is 4.39 Å². The van der Waals surface area contributed by atoms with Crippen LogP contribution in [0.3, 0.4) is 0 Å². The maximum atomic E-state index is 13.5. The Bertz CT molecular complexity index is 606. The number of rotatable bonds is 5. The second kappa shape index (κ2) is 6.19. The van der Waals surface area contributed by atoms with E-state index in [1.54, 1.807) is 37.4 Å². The zero-order valence-corrected chi connectivity index (χ0v) is 11.4. The van der Waals surface area contributed by atoms with Crippen LogP contribution in [0.1, 0.15) is 15.9 Å². The van der Waals surface area contributed by atoms with Crippen molar-refractivity contribution in [2.75, 3.05) is 14.2 Å². The molecule has 0 atom stereocenters. The van der Waals surface area contributed by atoms with E-state index in [0.29, 0.717) is 16.9 Å². The van der Waals surface area contributed by atoms with Crippen LogP contribution in [-0.4, -0.2) is 20.0 Å². The van der Waals surface area contributed by atoms with Crippen LogP contribution < -0.4 is 9.47 Å². The number of methoxy groups -OCH3 is 2. The minimum Gasteiger partial charge on any atom is -0.497 e. The fourth-order valence-corrected chi connectivity index (χ4v) is 1.88. The highest BCUT2D eigenvalue weighted by Gasteiger charge is 2.10. The summed E-state index contributed by atoms with van der Waals surface area (Å²) < 4.78 is 23.4. The molecule has 0 unspecified atom stereocenters. The zero-order valence-electron chi connectivity index (χ0n) is 11.4. The fourth-order valence-electron chi connectivity index (χ4n) is 1.88. The lowest BCUT2D eigenvalue weighted by atomic mass is 10.0. The van der Waals surface area contributed by atoms with Crippen molar-refractivity contribution in [2.24, 2.45) is 0 Å². The fraction of sp³-hybridized carbons (Fsp3) is 0.188. The van der Waals surface area contributed by atoms with Crippen LogP contribution in [0.5, 0.6) is 11.5 Å². The molecule has 0 bridgehead atoms. The number of halogens is 1. The minimum atomic E-state index is -0.465. The number of benzene rings is 2. The third-order valence-corrected chi connectivity index (χ3v) is 2.99. The smallest absolute Gasteiger partial charge is 0.167 e. The van der Waals surface area contributed by atoms with E-state index in [9.17, 15) is 9.18 Å². The molecule has 0 amide bonds. The van der Waals surface area contributed by atoms with Gasteiger partial charge in [0, 0.05) is 12.0 Å². The molecule has 3 nitrogen and oxygen atoms in total. The van der Waals surface area contributed by atoms with Crippen molar-refractivity contribution >= 4 is 5.78 Å². The predicted octanol–water partition coefficient (Wildman–Crippen LogP) is 3.27. The van der Waals surface area contributed by atoms with Gasteiger partial charge in [0.05, 0.1) is 14.2 Å². The Kier molecular flexibility index (Phi) is 4.35. The Labute approximate surface area is 117 Å². The molecule has 0 saturated carbocycles. The molecule has 2 aromatic carbocycles. The lowest BCUT2D eigenvalue weighted by Gasteiger charge is -2.06. The van der Waals surface area contributed by atoms with Crippen molar-refractivity contribution in [1.82, 2.24) is 0 Å². The van der Waals surface area contributed by atoms with Crippen molar-refractivity contribution in [3.63, 3.8) is 0 Å². The van der Waals surface area contributed by atoms with Gasteiger partial charge < -0.3 is 9.47 Å². The Morgan fingerprint density at radius 2 is 1.75 bits per heavy atom. The number of hydrogen-bond acceptors (Lipinski definition) is 3. The molecule has 0 fully saturated rings. The average Bonchev–Trinajstić information content (AvgIpc) is 2.47. The van der Waals surface area contributed by atoms with Crippen LogP contribution in [0, 0.1) is 5.82 Å². The van der Waals surface area contributed by atoms with Crippen LogP contribution in [0.25, 0.3) is 0 Å². The zero-order chi connectivity index (χ0) is 14.5. The van der Waals surface area contributed by atoms with Crippen LogP contribution in [-0.2, 0) is 6.42 Å². The van der Waals surface area contributed by atoms with E-state index in [1.165, 1.54) is 19.2 Å². The number of Topliss-reactive ketones (excluding diaryl/α,β-unsaturated/α-hetero) is 1. The monoisotopic (exact) mass is 274 g/mol. The van der Waals surface area contributed by atoms with Crippen molar-refractivity contribution in [2.45, 2.75) is 6.42 Å². The molecule has 0 aliphatic heterocycles. The second-order valence-electron chi connectivity index (χ2n) is 4.30. The number of ketones is 1. The van der Waals surface area contributed by atoms with Gasteiger partial charge in [0.2, 0.25) is 0 Å². The molecule has 0 aliphatic carbocycles. The van der Waals surface area contributed by atoms with E-state index >= 15 is 0 Å². The van der Waals surface area contributed by atoms with E-state index in [-0.39, 0.29) is 18.0 Å². The van der Waals surface area contributed by atoms with Gasteiger partial charge >= 0.3 is 0 Å². The maximum absolute atomic E-state index is 13.5. The summed E-state index contributed by atoms with van der Waals surface area (Å²) in [5.74, 6) is 0.326. The van der Waals surface area contributed by atoms with E-state index in [4.69, 9.17) is 9.47 Å². The molecule has 0 radical (unpaired) electrons. The molecule has 0 saturated heterocycles. The summed E-state index contributed by atoms with van der Waals surface area (Å²) in [5, 5.41) is 0. The van der Waals surface area contributed by atoms with Gasteiger partial charge in [-0.2, -0.15) is 0 Å². The highest BCUT2D eigenvalue weighted by molar-refractivity contribution is 5.97. The van der Waals surface area contributed by atoms with Crippen LogP contribution >= 0.6 is 0 Å². The highest BCUT2D eigenvalue weighted by atomic mass is 19.1. The molecule has 104 valence electrons. The molecule has 2 rings (SSSR count). The number of hydrogen-bond donors (Lipinski definition) is 0. The van der Waals surface area contributed by atoms with E-state index in [0.717, 1.165) is 0 Å². The summed E-state index contributed by atoms with van der Waals surface area (Å²) in [6.45, 7) is 0. The summed E-state index contributed by atoms with van der Waals surface area (Å²) in [6.07, 6.45) is 0.146. The van der Waals surface area contributed by atoms with Gasteiger partial charge in [-0.05, 0) is 42.0 Å². The van der Waals surface area contributed by atoms with Gasteiger partial charge in [-0.1, -0.05) is 6.07 Å². The SMILES string of the molecule is COc1ccc(C(=O)Cc2ccc(OC)c(F)c2)cc1. The van der Waals surface area contributed by atoms with E-state index in [2.05, 4.69) is 0 Å². The standard InChI is InChI=1S/C16H15FO3/c1-19-13-6-4-12(5-7-13)15(18)10-11-3-8-16(20-2)14(17)9-11/h3-9H,10H2,1-2H3.